The van der Waals surface area contributed by atoms with E-state index in [2.05, 4.69) is 25.5 Å². The standard InChI is InChI=1S/C26H25F6N7O3/c1-15(40)38-8-10-39(11-9-38)18-6-7-20(21(13-18)42-2)36-24-33-14-19(25(27,28)29)22(37-24)34-16-4-3-5-17(12-16)35-23(41)26(30,31)32/h3-7,12-14H,8-11H2,1-2H3,(H,35,41)(H2,33,34,36,37). The largest absolute Gasteiger partial charge is 0.494 e. The summed E-state index contributed by atoms with van der Waals surface area (Å²) >= 11 is 0. The molecule has 2 heterocycles. The molecule has 2 amide bonds. The lowest BCUT2D eigenvalue weighted by atomic mass is 10.2. The van der Waals surface area contributed by atoms with E-state index in [9.17, 15) is 35.9 Å². The Labute approximate surface area is 235 Å². The molecule has 10 nitrogen and oxygen atoms in total. The fourth-order valence-corrected chi connectivity index (χ4v) is 4.14. The zero-order valence-electron chi connectivity index (χ0n) is 22.2. The van der Waals surface area contributed by atoms with E-state index in [1.165, 1.54) is 26.2 Å². The number of carbonyl (C=O) groups excluding carboxylic acids is 2. The van der Waals surface area contributed by atoms with Gasteiger partial charge in [0.2, 0.25) is 11.9 Å². The van der Waals surface area contributed by atoms with Crippen molar-refractivity contribution in [3.05, 3.63) is 54.2 Å². The van der Waals surface area contributed by atoms with E-state index in [0.29, 0.717) is 43.8 Å². The molecule has 42 heavy (non-hydrogen) atoms. The highest BCUT2D eigenvalue weighted by Crippen LogP contribution is 2.37. The highest BCUT2D eigenvalue weighted by molar-refractivity contribution is 5.95. The third kappa shape index (κ3) is 7.30. The number of hydrogen-bond donors (Lipinski definition) is 3. The van der Waals surface area contributed by atoms with Gasteiger partial charge in [-0.05, 0) is 30.3 Å². The van der Waals surface area contributed by atoms with Crippen LogP contribution in [0.15, 0.2) is 48.7 Å². The molecule has 0 unspecified atom stereocenters. The van der Waals surface area contributed by atoms with E-state index in [4.69, 9.17) is 4.74 Å². The normalized spacial score (nSPS) is 13.9. The van der Waals surface area contributed by atoms with E-state index in [-0.39, 0.29) is 23.2 Å². The Balaban J connectivity index is 1.56. The molecular weight excluding hydrogens is 572 g/mol. The quantitative estimate of drug-likeness (QED) is 0.321. The van der Waals surface area contributed by atoms with Gasteiger partial charge in [0.25, 0.3) is 0 Å². The van der Waals surface area contributed by atoms with Crippen LogP contribution < -0.4 is 25.6 Å². The van der Waals surface area contributed by atoms with Crippen molar-refractivity contribution in [1.82, 2.24) is 14.9 Å². The Hall–Kier alpha value is -4.76. The van der Waals surface area contributed by atoms with Crippen molar-refractivity contribution in [2.75, 3.05) is 54.1 Å². The summed E-state index contributed by atoms with van der Waals surface area (Å²) in [5.41, 5.74) is -0.433. The van der Waals surface area contributed by atoms with Crippen LogP contribution in [0.1, 0.15) is 12.5 Å². The summed E-state index contributed by atoms with van der Waals surface area (Å²) in [5.74, 6) is -2.79. The maximum Gasteiger partial charge on any atom is 0.471 e. The zero-order chi connectivity index (χ0) is 30.7. The van der Waals surface area contributed by atoms with E-state index in [1.807, 2.05) is 0 Å². The summed E-state index contributed by atoms with van der Waals surface area (Å²) < 4.78 is 84.5. The minimum absolute atomic E-state index is 0.00175. The second kappa shape index (κ2) is 12.0. The lowest BCUT2D eigenvalue weighted by Gasteiger charge is -2.35. The molecule has 2 aromatic carbocycles. The molecular formula is C26H25F6N7O3. The summed E-state index contributed by atoms with van der Waals surface area (Å²) in [6.45, 7) is 3.84. The number of aromatic nitrogens is 2. The van der Waals surface area contributed by atoms with Crippen LogP contribution in [0, 0.1) is 0 Å². The monoisotopic (exact) mass is 597 g/mol. The van der Waals surface area contributed by atoms with Crippen LogP contribution in [0.3, 0.4) is 0 Å². The van der Waals surface area contributed by atoms with Crippen LogP contribution in [-0.2, 0) is 15.8 Å². The molecule has 3 N–H and O–H groups in total. The average molecular weight is 598 g/mol. The van der Waals surface area contributed by atoms with Gasteiger partial charge in [-0.1, -0.05) is 6.07 Å². The van der Waals surface area contributed by atoms with Crippen molar-refractivity contribution >= 4 is 46.3 Å². The van der Waals surface area contributed by atoms with Crippen molar-refractivity contribution in [3.63, 3.8) is 0 Å². The molecule has 0 bridgehead atoms. The first-order valence-electron chi connectivity index (χ1n) is 12.4. The molecule has 1 aliphatic rings. The third-order valence-corrected chi connectivity index (χ3v) is 6.26. The van der Waals surface area contributed by atoms with Crippen LogP contribution in [-0.4, -0.2) is 66.1 Å². The molecule has 0 aliphatic carbocycles. The topological polar surface area (TPSA) is 112 Å². The maximum absolute atomic E-state index is 13.7. The summed E-state index contributed by atoms with van der Waals surface area (Å²) in [7, 11) is 1.42. The van der Waals surface area contributed by atoms with Gasteiger partial charge in [-0.3, -0.25) is 9.59 Å². The van der Waals surface area contributed by atoms with Gasteiger partial charge in [0.1, 0.15) is 17.1 Å². The number of halogens is 6. The minimum atomic E-state index is -5.15. The van der Waals surface area contributed by atoms with Crippen LogP contribution >= 0.6 is 0 Å². The Morgan fingerprint density at radius 2 is 1.62 bits per heavy atom. The first-order chi connectivity index (χ1) is 19.7. The van der Waals surface area contributed by atoms with E-state index in [0.717, 1.165) is 17.8 Å². The molecule has 4 rings (SSSR count). The van der Waals surface area contributed by atoms with E-state index < -0.39 is 29.6 Å². The molecule has 1 fully saturated rings. The number of hydrogen-bond acceptors (Lipinski definition) is 8. The highest BCUT2D eigenvalue weighted by Gasteiger charge is 2.39. The molecule has 16 heteroatoms. The fourth-order valence-electron chi connectivity index (χ4n) is 4.14. The molecule has 0 spiro atoms. The Bertz CT molecular complexity index is 1460. The third-order valence-electron chi connectivity index (χ3n) is 6.26. The number of benzene rings is 2. The van der Waals surface area contributed by atoms with Gasteiger partial charge in [0.15, 0.2) is 0 Å². The number of methoxy groups -OCH3 is 1. The molecule has 0 radical (unpaired) electrons. The van der Waals surface area contributed by atoms with Crippen molar-refractivity contribution in [2.45, 2.75) is 19.3 Å². The van der Waals surface area contributed by atoms with Crippen molar-refractivity contribution in [3.8, 4) is 5.75 Å². The molecule has 0 atom stereocenters. The van der Waals surface area contributed by atoms with Crippen LogP contribution in [0.5, 0.6) is 5.75 Å². The smallest absolute Gasteiger partial charge is 0.471 e. The van der Waals surface area contributed by atoms with Crippen LogP contribution in [0.25, 0.3) is 0 Å². The number of amides is 2. The Morgan fingerprint density at radius 1 is 0.929 bits per heavy atom. The predicted octanol–water partition coefficient (Wildman–Crippen LogP) is 5.16. The van der Waals surface area contributed by atoms with Gasteiger partial charge in [0.05, 0.1) is 12.8 Å². The lowest BCUT2D eigenvalue weighted by Crippen LogP contribution is -2.48. The van der Waals surface area contributed by atoms with Crippen molar-refractivity contribution in [1.29, 1.82) is 0 Å². The Morgan fingerprint density at radius 3 is 2.24 bits per heavy atom. The molecule has 3 aromatic rings. The summed E-state index contributed by atoms with van der Waals surface area (Å²) in [4.78, 5) is 34.4. The van der Waals surface area contributed by atoms with Gasteiger partial charge in [-0.2, -0.15) is 31.3 Å². The van der Waals surface area contributed by atoms with Gasteiger partial charge in [-0.15, -0.1) is 0 Å². The first-order valence-corrected chi connectivity index (χ1v) is 12.4. The first kappa shape index (κ1) is 30.2. The summed E-state index contributed by atoms with van der Waals surface area (Å²) in [6, 6.07) is 9.86. The fraction of sp³-hybridized carbons (Fsp3) is 0.308. The van der Waals surface area contributed by atoms with E-state index >= 15 is 0 Å². The number of nitrogens with zero attached hydrogens (tertiary/aromatic N) is 4. The van der Waals surface area contributed by atoms with Crippen molar-refractivity contribution < 1.29 is 40.7 Å². The van der Waals surface area contributed by atoms with Gasteiger partial charge in [0, 0.05) is 62.4 Å². The molecule has 1 saturated heterocycles. The number of nitrogens with one attached hydrogen (secondary N) is 3. The molecule has 1 aliphatic heterocycles. The molecule has 1 aromatic heterocycles. The zero-order valence-corrected chi connectivity index (χ0v) is 22.2. The van der Waals surface area contributed by atoms with Gasteiger partial charge >= 0.3 is 18.3 Å². The second-order valence-corrected chi connectivity index (χ2v) is 9.11. The molecule has 224 valence electrons. The van der Waals surface area contributed by atoms with E-state index in [1.54, 1.807) is 28.4 Å². The SMILES string of the molecule is COc1cc(N2CCN(C(C)=O)CC2)ccc1Nc1ncc(C(F)(F)F)c(Nc2cccc(NC(=O)C(F)(F)F)c2)n1. The Kier molecular flexibility index (Phi) is 8.63. The van der Waals surface area contributed by atoms with Crippen molar-refractivity contribution in [2.24, 2.45) is 0 Å². The number of carbonyl (C=O) groups is 2. The maximum atomic E-state index is 13.7. The second-order valence-electron chi connectivity index (χ2n) is 9.11. The summed E-state index contributed by atoms with van der Waals surface area (Å²) in [5, 5.41) is 6.91. The number of alkyl halides is 6. The van der Waals surface area contributed by atoms with Crippen LogP contribution in [0.2, 0.25) is 0 Å². The van der Waals surface area contributed by atoms with Gasteiger partial charge in [-0.25, -0.2) is 4.98 Å². The van der Waals surface area contributed by atoms with Gasteiger partial charge < -0.3 is 30.5 Å². The van der Waals surface area contributed by atoms with Crippen LogP contribution in [0.4, 0.5) is 60.9 Å². The number of ether oxygens (including phenoxy) is 1. The summed E-state index contributed by atoms with van der Waals surface area (Å²) in [6.07, 6.45) is -9.46. The predicted molar refractivity (Wildman–Crippen MR) is 142 cm³/mol. The average Bonchev–Trinajstić information content (AvgIpc) is 2.92. The number of piperazine rings is 1. The lowest BCUT2D eigenvalue weighted by molar-refractivity contribution is -0.167. The highest BCUT2D eigenvalue weighted by atomic mass is 19.4. The molecule has 0 saturated carbocycles. The number of rotatable bonds is 7. The minimum Gasteiger partial charge on any atom is -0.494 e. The number of anilines is 6.